The maximum absolute atomic E-state index is 12.2. The Balaban J connectivity index is 0.000000104. The zero-order valence-corrected chi connectivity index (χ0v) is 60.1. The van der Waals surface area contributed by atoms with Crippen molar-refractivity contribution in [3.63, 3.8) is 0 Å². The van der Waals surface area contributed by atoms with Gasteiger partial charge in [0.15, 0.2) is 23.1 Å². The van der Waals surface area contributed by atoms with Crippen LogP contribution >= 0.6 is 19.6 Å². The monoisotopic (exact) mass is 1320 g/mol. The second-order valence-corrected chi connectivity index (χ2v) is 34.1. The minimum atomic E-state index is -5.24. The molecule has 0 bridgehead atoms. The number of carbonyl (C=O) groups is 3. The van der Waals surface area contributed by atoms with Crippen LogP contribution in [0.15, 0.2) is 33.4 Å². The van der Waals surface area contributed by atoms with Crippen molar-refractivity contribution in [1.82, 2.24) is 0 Å². The number of cyclic esters (lactones) is 3. The van der Waals surface area contributed by atoms with Crippen molar-refractivity contribution in [3.05, 3.63) is 33.4 Å². The summed E-state index contributed by atoms with van der Waals surface area (Å²) in [4.78, 5) is 59.1. The molecule has 0 aromatic heterocycles. The number of thioether (sulfide) groups is 1. The standard InChI is InChI=1S/C23H30O6S.C22H29O10P.C20H24O6.2Na/c1-10(2)21-16(28-21)17-23(29-17)20(4)7-6-12-13(9-25-18(12)24)14(20)8-15-22(23,27-15)19(21)26-11(3)30-5;1-9(2)20-15(30-20)16-22(31-16)19(4)6-5-11-12(8-27-17(11)23)13(19)7-14-21(22,29-14)18(20)28-10(3)32-33(24,25)26;1-8(2)18-13(25-18)14-20(26-14)17(3)5-4-9-10(7-23-15(9)21)11(17)6-12-19(20,24-12)16(18)22;;/h10-11,14-17,19H,6-9H2,1-5H3;9-10,13-16,18H,5-8H2,1-4H3,(H2,24,25,26);8,11-14,16,22H,4-7H2,1-3H3;;/q;;;2*+1/p-2/t11?,14-,15-,16-,17-,19+,20-,21-,22+,23+;10?,13-,14-,15-,16-,18+,19-,20-,21+,22+;11-,12-,13-,14-,16+,17-,18-,19+,20+;;/m000../s1. The molecule has 486 valence electrons. The van der Waals surface area contributed by atoms with Gasteiger partial charge in [-0.25, -0.2) is 14.4 Å². The van der Waals surface area contributed by atoms with Crippen molar-refractivity contribution >= 4 is 37.5 Å². The molecule has 91 heavy (non-hydrogen) atoms. The summed E-state index contributed by atoms with van der Waals surface area (Å²) in [6.07, 6.45) is 6.02. The van der Waals surface area contributed by atoms with E-state index in [-0.39, 0.29) is 201 Å². The van der Waals surface area contributed by atoms with Gasteiger partial charge in [0.1, 0.15) is 114 Å². The van der Waals surface area contributed by atoms with E-state index in [1.807, 2.05) is 13.8 Å². The number of epoxide rings is 9. The Morgan fingerprint density at radius 2 is 0.846 bits per heavy atom. The van der Waals surface area contributed by atoms with Crippen LogP contribution in [0.1, 0.15) is 134 Å². The van der Waals surface area contributed by atoms with Crippen LogP contribution in [0.5, 0.6) is 0 Å². The topological polar surface area (TPSA) is 303 Å². The fraction of sp³-hybridized carbons (Fsp3) is 0.862. The van der Waals surface area contributed by atoms with Crippen LogP contribution in [-0.4, -0.2) is 184 Å². The van der Waals surface area contributed by atoms with Crippen LogP contribution < -0.4 is 68.9 Å². The Hall–Kier alpha value is -0.390. The smallest absolute Gasteiger partial charge is 0.790 e. The van der Waals surface area contributed by atoms with Crippen molar-refractivity contribution in [2.45, 2.75) is 269 Å². The van der Waals surface area contributed by atoms with Gasteiger partial charge in [-0.05, 0) is 130 Å². The summed E-state index contributed by atoms with van der Waals surface area (Å²) in [5.41, 5.74) is 0.481. The Morgan fingerprint density at radius 3 is 1.22 bits per heavy atom. The van der Waals surface area contributed by atoms with Crippen molar-refractivity contribution in [2.75, 3.05) is 26.1 Å². The number of esters is 3. The normalized spacial score (nSPS) is 56.5. The van der Waals surface area contributed by atoms with Crippen LogP contribution in [0.4, 0.5) is 0 Å². The SMILES string of the molecule is CC(C)[C@]12O[C@H]1[C@@H]1O[C@]13[C@]1(O[C@H]1C[C@H]1C4=C(CC[C@@]13C)C(=O)OC4)[C@@H]2O.CC(O[C@@H]1[C@@]2(C(C)C)O[C@H]2[C@@H]2O[C@]23[C@]12O[C@H]2C[C@H]1C2=C(CC[C@@]13C)C(=O)OC2)OP(=O)([O-])[O-].CSC(C)O[C@@H]1[C@@]2(C(C)C)O[C@H]2[C@@H]2O[C@]23[C@]12O[C@H]2C[C@H]1C2=C(CC[C@@]13C)C(=O)OC2.[Na+].[Na+]. The zero-order valence-electron chi connectivity index (χ0n) is 54.4. The number of fused-ring (bicyclic) bond motifs is 12. The maximum Gasteiger partial charge on any atom is 1.00 e. The van der Waals surface area contributed by atoms with E-state index < -0.39 is 65.5 Å². The molecule has 21 aliphatic rings. The fourth-order valence-electron chi connectivity index (χ4n) is 24.1. The molecule has 22 nitrogen and oxygen atoms in total. The summed E-state index contributed by atoms with van der Waals surface area (Å²) in [5, 5.41) is 11.4. The van der Waals surface area contributed by atoms with Gasteiger partial charge in [-0.15, -0.1) is 11.8 Å². The van der Waals surface area contributed by atoms with E-state index in [1.165, 1.54) is 12.5 Å². The molecule has 6 spiro atoms. The van der Waals surface area contributed by atoms with E-state index in [1.54, 1.807) is 11.8 Å². The Morgan fingerprint density at radius 1 is 0.505 bits per heavy atom. The molecule has 9 aliphatic carbocycles. The summed E-state index contributed by atoms with van der Waals surface area (Å²) in [7, 11) is -5.24. The van der Waals surface area contributed by atoms with Gasteiger partial charge in [0.25, 0.3) is 0 Å². The minimum Gasteiger partial charge on any atom is -0.790 e. The van der Waals surface area contributed by atoms with E-state index >= 15 is 0 Å². The molecule has 0 radical (unpaired) electrons. The molecule has 26 heteroatoms. The molecular weight excluding hydrogens is 1240 g/mol. The number of phosphoric acid groups is 1. The first kappa shape index (κ1) is 64.0. The molecule has 0 aromatic carbocycles. The Bertz CT molecular complexity index is 3490. The van der Waals surface area contributed by atoms with Crippen LogP contribution in [-0.2, 0) is 89.8 Å². The predicted molar refractivity (Wildman–Crippen MR) is 300 cm³/mol. The second-order valence-electron chi connectivity index (χ2n) is 31.9. The molecule has 6 saturated carbocycles. The van der Waals surface area contributed by atoms with E-state index in [4.69, 9.17) is 66.3 Å². The van der Waals surface area contributed by atoms with E-state index in [9.17, 15) is 33.8 Å². The van der Waals surface area contributed by atoms with E-state index in [0.717, 1.165) is 72.8 Å². The van der Waals surface area contributed by atoms with Gasteiger partial charge in [0.05, 0.1) is 26.1 Å². The van der Waals surface area contributed by atoms with Gasteiger partial charge in [-0.3, -0.25) is 0 Å². The number of aliphatic hydroxyl groups is 1. The number of hydrogen-bond acceptors (Lipinski definition) is 23. The fourth-order valence-corrected chi connectivity index (χ4v) is 24.7. The Kier molecular flexibility index (Phi) is 13.3. The summed E-state index contributed by atoms with van der Waals surface area (Å²) < 4.78 is 103. The first-order valence-electron chi connectivity index (χ1n) is 33.0. The summed E-state index contributed by atoms with van der Waals surface area (Å²) in [6.45, 7) is 24.3. The van der Waals surface area contributed by atoms with Gasteiger partial charge >= 0.3 is 77.0 Å². The van der Waals surface area contributed by atoms with Gasteiger partial charge in [0, 0.05) is 33.0 Å². The molecule has 0 aromatic rings. The molecule has 12 heterocycles. The average molecular weight is 1320 g/mol. The maximum atomic E-state index is 12.2. The number of rotatable bonds is 10. The van der Waals surface area contributed by atoms with E-state index in [2.05, 4.69) is 66.2 Å². The van der Waals surface area contributed by atoms with Crippen molar-refractivity contribution < 1.29 is 164 Å². The zero-order chi connectivity index (χ0) is 62.0. The van der Waals surface area contributed by atoms with Gasteiger partial charge in [0.2, 0.25) is 0 Å². The van der Waals surface area contributed by atoms with Gasteiger partial charge in [-0.1, -0.05) is 62.3 Å². The molecule has 9 saturated heterocycles. The molecule has 0 amide bonds. The molecule has 12 aliphatic heterocycles. The first-order valence-corrected chi connectivity index (χ1v) is 35.8. The minimum absolute atomic E-state index is 0. The largest absolute Gasteiger partial charge is 1.00 e. The average Bonchev–Trinajstić information content (AvgIpc) is 1.43. The second kappa shape index (κ2) is 19.0. The van der Waals surface area contributed by atoms with Crippen LogP contribution in [0.2, 0.25) is 0 Å². The van der Waals surface area contributed by atoms with E-state index in [0.29, 0.717) is 38.6 Å². The van der Waals surface area contributed by atoms with Crippen molar-refractivity contribution in [2.24, 2.45) is 51.8 Å². The number of carbonyl (C=O) groups excluding carboxylic acids is 3. The summed E-state index contributed by atoms with van der Waals surface area (Å²) in [6, 6.07) is 0. The quantitative estimate of drug-likeness (QED) is 0.0634. The first-order chi connectivity index (χ1) is 42.0. The third-order valence-corrected chi connectivity index (χ3v) is 29.8. The number of hydrogen-bond donors (Lipinski definition) is 1. The summed E-state index contributed by atoms with van der Waals surface area (Å²) in [5.74, 6) is 0.685. The molecule has 1 N–H and O–H groups in total. The van der Waals surface area contributed by atoms with Crippen LogP contribution in [0.3, 0.4) is 0 Å². The van der Waals surface area contributed by atoms with Crippen LogP contribution in [0, 0.1) is 51.8 Å². The molecule has 29 atom stereocenters. The number of aliphatic hydroxyl groups excluding tert-OH is 1. The van der Waals surface area contributed by atoms with Gasteiger partial charge in [-0.2, -0.15) is 0 Å². The van der Waals surface area contributed by atoms with Crippen molar-refractivity contribution in [1.29, 1.82) is 0 Å². The third-order valence-electron chi connectivity index (χ3n) is 28.5. The number of phosphoric ester groups is 1. The molecule has 15 fully saturated rings. The van der Waals surface area contributed by atoms with Crippen LogP contribution in [0.25, 0.3) is 0 Å². The predicted octanol–water partition coefficient (Wildman–Crippen LogP) is -1.73. The summed E-state index contributed by atoms with van der Waals surface area (Å²) >= 11 is 1.72. The number of ether oxygens (including phenoxy) is 14. The molecule has 21 rings (SSSR count). The van der Waals surface area contributed by atoms with Crippen molar-refractivity contribution in [3.8, 4) is 0 Å². The van der Waals surface area contributed by atoms with Gasteiger partial charge < -0.3 is 90.3 Å². The molecular formula is C65H81Na2O22PS. The molecule has 2 unspecified atom stereocenters. The Labute approximate surface area is 577 Å². The third kappa shape index (κ3) is 6.95.